The van der Waals surface area contributed by atoms with Gasteiger partial charge in [-0.15, -0.1) is 0 Å². The number of alkyl halides is 3. The minimum absolute atomic E-state index is 0.0344. The van der Waals surface area contributed by atoms with Gasteiger partial charge in [-0.2, -0.15) is 13.2 Å². The van der Waals surface area contributed by atoms with Crippen LogP contribution in [0.25, 0.3) is 0 Å². The zero-order chi connectivity index (χ0) is 14.2. The quantitative estimate of drug-likeness (QED) is 0.596. The van der Waals surface area contributed by atoms with Gasteiger partial charge in [0.15, 0.2) is 0 Å². The molecule has 0 aliphatic carbocycles. The van der Waals surface area contributed by atoms with Crippen LogP contribution in [0.5, 0.6) is 0 Å². The van der Waals surface area contributed by atoms with E-state index in [0.29, 0.717) is 18.7 Å². The van der Waals surface area contributed by atoms with Gasteiger partial charge in [0.05, 0.1) is 13.2 Å². The first-order chi connectivity index (χ1) is 8.29. The van der Waals surface area contributed by atoms with Gasteiger partial charge in [0, 0.05) is 11.4 Å². The molecule has 0 unspecified atom stereocenters. The van der Waals surface area contributed by atoms with E-state index >= 15 is 0 Å². The highest BCUT2D eigenvalue weighted by Gasteiger charge is 2.36. The van der Waals surface area contributed by atoms with Crippen LogP contribution in [-0.4, -0.2) is 19.4 Å². The molecule has 0 fully saturated rings. The smallest absolute Gasteiger partial charge is 0.306 e. The van der Waals surface area contributed by atoms with Crippen molar-refractivity contribution in [1.82, 2.24) is 0 Å². The second-order valence-corrected chi connectivity index (χ2v) is 5.49. The minimum Gasteiger partial charge on any atom is -0.306 e. The lowest BCUT2D eigenvalue weighted by Gasteiger charge is -2.17. The summed E-state index contributed by atoms with van der Waals surface area (Å²) in [6, 6.07) is 0. The van der Waals surface area contributed by atoms with Crippen LogP contribution >= 0.6 is 7.60 Å². The summed E-state index contributed by atoms with van der Waals surface area (Å²) < 4.78 is 59.9. The summed E-state index contributed by atoms with van der Waals surface area (Å²) in [6.07, 6.45) is -3.67. The normalized spacial score (nSPS) is 14.0. The third kappa shape index (κ3) is 6.57. The van der Waals surface area contributed by atoms with E-state index in [1.165, 1.54) is 0 Å². The highest BCUT2D eigenvalue weighted by atomic mass is 31.2. The molecule has 0 rings (SSSR count). The van der Waals surface area contributed by atoms with Gasteiger partial charge in [-0.1, -0.05) is 13.3 Å². The third-order valence-electron chi connectivity index (χ3n) is 2.10. The molecule has 0 radical (unpaired) electrons. The molecule has 0 atom stereocenters. The number of halogens is 3. The molecule has 0 spiro atoms. The molecule has 0 aliphatic heterocycles. The third-order valence-corrected chi connectivity index (χ3v) is 3.96. The van der Waals surface area contributed by atoms with Crippen molar-refractivity contribution in [2.45, 2.75) is 46.2 Å². The predicted molar refractivity (Wildman–Crippen MR) is 64.5 cm³/mol. The van der Waals surface area contributed by atoms with Gasteiger partial charge in [0.2, 0.25) is 0 Å². The first-order valence-corrected chi connectivity index (χ1v) is 7.58. The Morgan fingerprint density at radius 3 is 2.00 bits per heavy atom. The van der Waals surface area contributed by atoms with Gasteiger partial charge < -0.3 is 9.05 Å². The average molecular weight is 288 g/mol. The van der Waals surface area contributed by atoms with Crippen LogP contribution in [-0.2, 0) is 13.6 Å². The van der Waals surface area contributed by atoms with Crippen molar-refractivity contribution < 1.29 is 26.8 Å². The van der Waals surface area contributed by atoms with Crippen molar-refractivity contribution in [2.75, 3.05) is 13.2 Å². The van der Waals surface area contributed by atoms with Crippen molar-refractivity contribution in [3.05, 3.63) is 11.4 Å². The van der Waals surface area contributed by atoms with Crippen LogP contribution in [0.3, 0.4) is 0 Å². The number of hydrogen-bond donors (Lipinski definition) is 0. The van der Waals surface area contributed by atoms with Gasteiger partial charge in [-0.25, -0.2) is 0 Å². The molecule has 0 N–H and O–H groups in total. The van der Waals surface area contributed by atoms with E-state index in [2.05, 4.69) is 0 Å². The lowest BCUT2D eigenvalue weighted by Crippen LogP contribution is -2.12. The lowest BCUT2D eigenvalue weighted by molar-refractivity contribution is -0.0941. The van der Waals surface area contributed by atoms with Crippen LogP contribution in [0, 0.1) is 0 Å². The highest BCUT2D eigenvalue weighted by Crippen LogP contribution is 2.52. The van der Waals surface area contributed by atoms with Gasteiger partial charge in [-0.05, 0) is 26.7 Å². The van der Waals surface area contributed by atoms with Crippen molar-refractivity contribution in [1.29, 1.82) is 0 Å². The standard InChI is InChI=1S/C11H20F3O3P/c1-4-7-8-10(11(12,13)14)9-18(15,16-5-2)17-6-3/h9H,4-8H2,1-3H3/b10-9-. The molecular formula is C11H20F3O3P. The zero-order valence-corrected chi connectivity index (χ0v) is 11.8. The van der Waals surface area contributed by atoms with Crippen molar-refractivity contribution in [3.8, 4) is 0 Å². The Morgan fingerprint density at radius 2 is 1.67 bits per heavy atom. The molecule has 0 heterocycles. The fourth-order valence-electron chi connectivity index (χ4n) is 1.31. The predicted octanol–water partition coefficient (Wildman–Crippen LogP) is 4.89. The molecule has 7 heteroatoms. The average Bonchev–Trinajstić information content (AvgIpc) is 2.23. The molecule has 0 bridgehead atoms. The fraction of sp³-hybridized carbons (Fsp3) is 0.818. The van der Waals surface area contributed by atoms with E-state index in [0.717, 1.165) is 0 Å². The Balaban J connectivity index is 5.14. The Morgan fingerprint density at radius 1 is 1.17 bits per heavy atom. The maximum atomic E-state index is 12.8. The van der Waals surface area contributed by atoms with E-state index in [1.807, 2.05) is 0 Å². The van der Waals surface area contributed by atoms with E-state index in [1.54, 1.807) is 20.8 Å². The van der Waals surface area contributed by atoms with Gasteiger partial charge in [0.1, 0.15) is 0 Å². The molecule has 0 saturated carbocycles. The molecule has 108 valence electrons. The van der Waals surface area contributed by atoms with Crippen molar-refractivity contribution in [2.24, 2.45) is 0 Å². The van der Waals surface area contributed by atoms with Gasteiger partial charge in [0.25, 0.3) is 0 Å². The summed E-state index contributed by atoms with van der Waals surface area (Å²) in [5, 5.41) is 0. The number of allylic oxidation sites excluding steroid dienone is 1. The molecular weight excluding hydrogens is 268 g/mol. The first-order valence-electron chi connectivity index (χ1n) is 5.96. The molecule has 18 heavy (non-hydrogen) atoms. The van der Waals surface area contributed by atoms with E-state index in [-0.39, 0.29) is 19.6 Å². The maximum Gasteiger partial charge on any atom is 0.413 e. The van der Waals surface area contributed by atoms with E-state index in [9.17, 15) is 17.7 Å². The monoisotopic (exact) mass is 288 g/mol. The van der Waals surface area contributed by atoms with Crippen LogP contribution in [0.15, 0.2) is 11.4 Å². The Hall–Kier alpha value is -0.320. The maximum absolute atomic E-state index is 12.8. The fourth-order valence-corrected chi connectivity index (χ4v) is 2.91. The van der Waals surface area contributed by atoms with Crippen LogP contribution in [0.4, 0.5) is 13.2 Å². The second-order valence-electron chi connectivity index (χ2n) is 3.63. The van der Waals surface area contributed by atoms with Gasteiger partial charge >= 0.3 is 13.8 Å². The summed E-state index contributed by atoms with van der Waals surface area (Å²) in [7, 11) is -3.79. The van der Waals surface area contributed by atoms with Crippen LogP contribution < -0.4 is 0 Å². The summed E-state index contributed by atoms with van der Waals surface area (Å²) >= 11 is 0. The Kier molecular flexibility index (Phi) is 7.83. The highest BCUT2D eigenvalue weighted by molar-refractivity contribution is 7.57. The number of unbranched alkanes of at least 4 members (excludes halogenated alkanes) is 1. The van der Waals surface area contributed by atoms with Crippen LogP contribution in [0.2, 0.25) is 0 Å². The summed E-state index contributed by atoms with van der Waals surface area (Å²) in [4.78, 5) is 0. The topological polar surface area (TPSA) is 35.5 Å². The Labute approximate surface area is 106 Å². The second kappa shape index (κ2) is 7.97. The summed E-state index contributed by atoms with van der Waals surface area (Å²) in [5.41, 5.74) is -0.838. The molecule has 0 amide bonds. The summed E-state index contributed by atoms with van der Waals surface area (Å²) in [6.45, 7) is 4.97. The van der Waals surface area contributed by atoms with Crippen molar-refractivity contribution in [3.63, 3.8) is 0 Å². The number of rotatable bonds is 8. The largest absolute Gasteiger partial charge is 0.413 e. The minimum atomic E-state index is -4.50. The number of hydrogen-bond acceptors (Lipinski definition) is 3. The van der Waals surface area contributed by atoms with Gasteiger partial charge in [-0.3, -0.25) is 4.57 Å². The molecule has 0 aromatic carbocycles. The molecule has 0 aromatic heterocycles. The molecule has 0 saturated heterocycles. The van der Waals surface area contributed by atoms with E-state index < -0.39 is 19.3 Å². The Bertz CT molecular complexity index is 303. The zero-order valence-electron chi connectivity index (χ0n) is 10.9. The first kappa shape index (κ1) is 17.7. The van der Waals surface area contributed by atoms with E-state index in [4.69, 9.17) is 9.05 Å². The molecule has 3 nitrogen and oxygen atoms in total. The van der Waals surface area contributed by atoms with Crippen LogP contribution in [0.1, 0.15) is 40.0 Å². The van der Waals surface area contributed by atoms with Crippen molar-refractivity contribution >= 4 is 7.60 Å². The molecule has 0 aliphatic rings. The SMILES string of the molecule is CCCC/C(=C/P(=O)(OCC)OCC)C(F)(F)F. The lowest BCUT2D eigenvalue weighted by atomic mass is 10.1. The summed E-state index contributed by atoms with van der Waals surface area (Å²) in [5.74, 6) is 0.621. The molecule has 0 aromatic rings.